The second-order valence-corrected chi connectivity index (χ2v) is 6.38. The summed E-state index contributed by atoms with van der Waals surface area (Å²) in [6, 6.07) is 12.9. The number of carbonyl (C=O) groups is 2. The minimum atomic E-state index is -0.667. The fourth-order valence-corrected chi connectivity index (χ4v) is 2.55. The minimum absolute atomic E-state index is 0.0322. The molecule has 3 rings (SSSR count). The third-order valence-electron chi connectivity index (χ3n) is 3.54. The summed E-state index contributed by atoms with van der Waals surface area (Å²) in [4.78, 5) is 24.2. The highest BCUT2D eigenvalue weighted by atomic mass is 35.5. The van der Waals surface area contributed by atoms with Crippen LogP contribution >= 0.6 is 23.2 Å². The second kappa shape index (κ2) is 8.77. The van der Waals surface area contributed by atoms with E-state index in [9.17, 15) is 14.0 Å². The average molecular weight is 423 g/mol. The molecule has 0 aliphatic heterocycles. The highest BCUT2D eigenvalue weighted by Crippen LogP contribution is 2.20. The van der Waals surface area contributed by atoms with Gasteiger partial charge in [0.15, 0.2) is 5.76 Å². The predicted octanol–water partition coefficient (Wildman–Crippen LogP) is 4.38. The Morgan fingerprint density at radius 3 is 2.43 bits per heavy atom. The number of carbonyl (C=O) groups excluding carboxylic acids is 2. The molecule has 0 unspecified atom stereocenters. The predicted molar refractivity (Wildman–Crippen MR) is 101 cm³/mol. The van der Waals surface area contributed by atoms with Gasteiger partial charge in [0.05, 0.1) is 10.6 Å². The first-order valence-corrected chi connectivity index (χ1v) is 8.71. The fraction of sp³-hybridized carbons (Fsp3) is 0.0526. The summed E-state index contributed by atoms with van der Waals surface area (Å²) in [7, 11) is 0. The van der Waals surface area contributed by atoms with Crippen molar-refractivity contribution in [1.29, 1.82) is 0 Å². The molecule has 6 nitrogen and oxygen atoms in total. The van der Waals surface area contributed by atoms with Gasteiger partial charge < -0.3 is 9.15 Å². The maximum atomic E-state index is 12.9. The van der Waals surface area contributed by atoms with Gasteiger partial charge in [-0.25, -0.2) is 4.39 Å². The molecule has 2 amide bonds. The molecule has 28 heavy (non-hydrogen) atoms. The van der Waals surface area contributed by atoms with E-state index in [2.05, 4.69) is 10.9 Å². The van der Waals surface area contributed by atoms with Crippen LogP contribution in [0.25, 0.3) is 0 Å². The van der Waals surface area contributed by atoms with Crippen LogP contribution in [0, 0.1) is 5.82 Å². The lowest BCUT2D eigenvalue weighted by molar-refractivity contribution is 0.0828. The Morgan fingerprint density at radius 2 is 1.68 bits per heavy atom. The van der Waals surface area contributed by atoms with Gasteiger partial charge in [-0.05, 0) is 54.6 Å². The van der Waals surface area contributed by atoms with Crippen molar-refractivity contribution in [1.82, 2.24) is 10.9 Å². The summed E-state index contributed by atoms with van der Waals surface area (Å²) in [5.74, 6) is -0.874. The molecule has 1 aromatic heterocycles. The van der Waals surface area contributed by atoms with Crippen LogP contribution in [0.5, 0.6) is 5.75 Å². The van der Waals surface area contributed by atoms with E-state index < -0.39 is 11.8 Å². The summed E-state index contributed by atoms with van der Waals surface area (Å²) in [5, 5.41) is 0.520. The van der Waals surface area contributed by atoms with Crippen molar-refractivity contribution in [2.45, 2.75) is 6.61 Å². The van der Waals surface area contributed by atoms with Crippen LogP contribution in [0.15, 0.2) is 59.0 Å². The summed E-state index contributed by atoms with van der Waals surface area (Å²) < 4.78 is 23.7. The highest BCUT2D eigenvalue weighted by Gasteiger charge is 2.15. The lowest BCUT2D eigenvalue weighted by Gasteiger charge is -2.08. The Balaban J connectivity index is 1.54. The zero-order valence-electron chi connectivity index (χ0n) is 14.2. The lowest BCUT2D eigenvalue weighted by atomic mass is 10.2. The molecule has 0 fully saturated rings. The molecule has 0 radical (unpaired) electrons. The minimum Gasteiger partial charge on any atom is -0.486 e. The molecule has 0 aliphatic carbocycles. The van der Waals surface area contributed by atoms with E-state index in [0.29, 0.717) is 16.5 Å². The number of furan rings is 1. The van der Waals surface area contributed by atoms with Gasteiger partial charge in [0, 0.05) is 5.02 Å². The van der Waals surface area contributed by atoms with Crippen molar-refractivity contribution in [3.05, 3.63) is 87.5 Å². The van der Waals surface area contributed by atoms with Gasteiger partial charge >= 0.3 is 5.91 Å². The monoisotopic (exact) mass is 422 g/mol. The van der Waals surface area contributed by atoms with Crippen molar-refractivity contribution in [3.63, 3.8) is 0 Å². The maximum absolute atomic E-state index is 12.9. The zero-order chi connectivity index (χ0) is 20.1. The molecule has 0 bridgehead atoms. The summed E-state index contributed by atoms with van der Waals surface area (Å²) in [6.07, 6.45) is 0. The quantitative estimate of drug-likeness (QED) is 0.597. The number of ether oxygens (including phenoxy) is 1. The third kappa shape index (κ3) is 5.03. The van der Waals surface area contributed by atoms with Crippen molar-refractivity contribution >= 4 is 35.0 Å². The second-order valence-electron chi connectivity index (χ2n) is 5.54. The van der Waals surface area contributed by atoms with E-state index in [4.69, 9.17) is 32.4 Å². The van der Waals surface area contributed by atoms with Crippen molar-refractivity contribution in [3.8, 4) is 5.75 Å². The third-order valence-corrected chi connectivity index (χ3v) is 4.11. The lowest BCUT2D eigenvalue weighted by Crippen LogP contribution is -2.41. The molecule has 144 valence electrons. The Bertz CT molecular complexity index is 1010. The van der Waals surface area contributed by atoms with Crippen LogP contribution in [-0.2, 0) is 6.61 Å². The van der Waals surface area contributed by atoms with Crippen LogP contribution in [0.3, 0.4) is 0 Å². The molecular weight excluding hydrogens is 410 g/mol. The standard InChI is InChI=1S/C19H13Cl2FN2O4/c20-11-1-7-16(21)15(9-11)18(25)23-24-19(26)17-8-6-14(28-17)10-27-13-4-2-12(22)3-5-13/h1-9H,10H2,(H,23,25)(H,24,26). The van der Waals surface area contributed by atoms with Gasteiger partial charge in [0.2, 0.25) is 0 Å². The number of hydrogen-bond acceptors (Lipinski definition) is 4. The van der Waals surface area contributed by atoms with Crippen molar-refractivity contribution in [2.24, 2.45) is 0 Å². The van der Waals surface area contributed by atoms with E-state index in [-0.39, 0.29) is 28.8 Å². The van der Waals surface area contributed by atoms with E-state index in [0.717, 1.165) is 0 Å². The summed E-state index contributed by atoms with van der Waals surface area (Å²) in [6.45, 7) is 0.0450. The molecule has 0 spiro atoms. The summed E-state index contributed by atoms with van der Waals surface area (Å²) in [5.41, 5.74) is 4.56. The van der Waals surface area contributed by atoms with Crippen LogP contribution in [0.4, 0.5) is 4.39 Å². The Kier molecular flexibility index (Phi) is 6.18. The first kappa shape index (κ1) is 19.7. The average Bonchev–Trinajstić information content (AvgIpc) is 3.16. The first-order chi connectivity index (χ1) is 13.4. The van der Waals surface area contributed by atoms with Crippen LogP contribution in [0.2, 0.25) is 10.0 Å². The fourth-order valence-electron chi connectivity index (χ4n) is 2.18. The molecule has 2 N–H and O–H groups in total. The van der Waals surface area contributed by atoms with Crippen LogP contribution in [-0.4, -0.2) is 11.8 Å². The molecule has 0 atom stereocenters. The Morgan fingerprint density at radius 1 is 0.964 bits per heavy atom. The first-order valence-electron chi connectivity index (χ1n) is 7.95. The van der Waals surface area contributed by atoms with Crippen molar-refractivity contribution < 1.29 is 23.1 Å². The largest absolute Gasteiger partial charge is 0.486 e. The SMILES string of the molecule is O=C(NNC(=O)c1cc(Cl)ccc1Cl)c1ccc(COc2ccc(F)cc2)o1. The molecule has 0 aliphatic rings. The summed E-state index contributed by atoms with van der Waals surface area (Å²) >= 11 is 11.8. The molecule has 2 aromatic carbocycles. The van der Waals surface area contributed by atoms with E-state index in [1.165, 1.54) is 48.5 Å². The van der Waals surface area contributed by atoms with Gasteiger partial charge in [-0.3, -0.25) is 20.4 Å². The molecule has 0 saturated heterocycles. The molecule has 0 saturated carbocycles. The van der Waals surface area contributed by atoms with Crippen molar-refractivity contribution in [2.75, 3.05) is 0 Å². The van der Waals surface area contributed by atoms with E-state index in [1.807, 2.05) is 0 Å². The zero-order valence-corrected chi connectivity index (χ0v) is 15.7. The molecule has 1 heterocycles. The number of halogens is 3. The smallest absolute Gasteiger partial charge is 0.305 e. The van der Waals surface area contributed by atoms with Gasteiger partial charge in [-0.2, -0.15) is 0 Å². The number of benzene rings is 2. The normalized spacial score (nSPS) is 10.4. The van der Waals surface area contributed by atoms with Gasteiger partial charge in [0.1, 0.15) is 23.9 Å². The van der Waals surface area contributed by atoms with E-state index in [1.54, 1.807) is 6.07 Å². The molecular formula is C19H13Cl2FN2O4. The number of hydrogen-bond donors (Lipinski definition) is 2. The van der Waals surface area contributed by atoms with Gasteiger partial charge in [-0.1, -0.05) is 23.2 Å². The maximum Gasteiger partial charge on any atom is 0.305 e. The molecule has 9 heteroatoms. The number of nitrogens with one attached hydrogen (secondary N) is 2. The van der Waals surface area contributed by atoms with Crippen LogP contribution in [0.1, 0.15) is 26.7 Å². The molecule has 3 aromatic rings. The number of hydrazine groups is 1. The highest BCUT2D eigenvalue weighted by molar-refractivity contribution is 6.35. The van der Waals surface area contributed by atoms with Gasteiger partial charge in [-0.15, -0.1) is 0 Å². The van der Waals surface area contributed by atoms with Crippen LogP contribution < -0.4 is 15.6 Å². The van der Waals surface area contributed by atoms with E-state index >= 15 is 0 Å². The van der Waals surface area contributed by atoms with Gasteiger partial charge in [0.25, 0.3) is 5.91 Å². The topological polar surface area (TPSA) is 80.6 Å². The Hall–Kier alpha value is -3.03. The Labute approximate surface area is 169 Å². The number of rotatable bonds is 5. The number of amides is 2.